The maximum absolute atomic E-state index is 10.9. The van der Waals surface area contributed by atoms with Crippen LogP contribution in [0.5, 0.6) is 0 Å². The Labute approximate surface area is 337 Å². The molecule has 7 rings (SSSR count). The van der Waals surface area contributed by atoms with Gasteiger partial charge in [0.25, 0.3) is 0 Å². The standard InChI is InChI=1S/C43H70O14/c1-22(10-9-15-38(2,3)56-36-34(51)32(49)30(47)25(21-45)54-36)23-13-16-41(7)26-14-17-43-27(42(26,37(52-8)57-43)19-18-40(23,41)6)11-12-28(39(43,4)5)55-35-33(50)31(48)29(46)24(20-44)53-35/h9,14-15,17,22-37,44-51H,10-13,16,18-21H2,1-8H3. The first-order chi connectivity index (χ1) is 26.7. The Hall–Kier alpha value is -1.08. The molecule has 0 radical (unpaired) electrons. The van der Waals surface area contributed by atoms with E-state index in [1.807, 2.05) is 19.9 Å². The Kier molecular flexibility index (Phi) is 11.9. The highest BCUT2D eigenvalue weighted by Gasteiger charge is 2.79. The minimum atomic E-state index is -1.52. The fraction of sp³-hybridized carbons (Fsp3) is 0.907. The summed E-state index contributed by atoms with van der Waals surface area (Å²) in [5, 5.41) is 82.0. The SMILES string of the molecule is COC1OC23C=CC4C1(CCC1(C)C(C(C)CC=CC(C)(C)OC5OC(CO)C(O)C(O)C5O)CCC41C)C2CCC(OC1OC(CO)C(O)C(O)C1O)C3(C)C. The van der Waals surface area contributed by atoms with E-state index in [0.29, 0.717) is 18.3 Å². The van der Waals surface area contributed by atoms with Gasteiger partial charge in [-0.15, -0.1) is 0 Å². The van der Waals surface area contributed by atoms with Gasteiger partial charge in [-0.05, 0) is 87.4 Å². The van der Waals surface area contributed by atoms with Gasteiger partial charge >= 0.3 is 0 Å². The highest BCUT2D eigenvalue weighted by molar-refractivity contribution is 5.34. The first-order valence-electron chi connectivity index (χ1n) is 21.2. The van der Waals surface area contributed by atoms with Crippen molar-refractivity contribution in [2.24, 2.45) is 45.3 Å². The van der Waals surface area contributed by atoms with E-state index in [2.05, 4.69) is 52.8 Å². The van der Waals surface area contributed by atoms with Crippen LogP contribution in [0.1, 0.15) is 93.4 Å². The number of hydrogen-bond donors (Lipinski definition) is 8. The summed E-state index contributed by atoms with van der Waals surface area (Å²) in [6.07, 6.45) is 1.01. The molecule has 7 aliphatic rings. The molecule has 326 valence electrons. The number of rotatable bonds is 11. The largest absolute Gasteiger partial charge is 0.394 e. The lowest BCUT2D eigenvalue weighted by molar-refractivity contribution is -0.331. The third kappa shape index (κ3) is 6.49. The van der Waals surface area contributed by atoms with Gasteiger partial charge in [0.1, 0.15) is 54.4 Å². The number of ether oxygens (including phenoxy) is 6. The van der Waals surface area contributed by atoms with Crippen molar-refractivity contribution >= 4 is 0 Å². The zero-order valence-electron chi connectivity index (χ0n) is 34.9. The quantitative estimate of drug-likeness (QED) is 0.140. The van der Waals surface area contributed by atoms with E-state index in [1.165, 1.54) is 0 Å². The van der Waals surface area contributed by atoms with Gasteiger partial charge in [0, 0.05) is 23.9 Å². The van der Waals surface area contributed by atoms with E-state index in [0.717, 1.165) is 38.5 Å². The lowest BCUT2D eigenvalue weighted by Crippen LogP contribution is -2.66. The molecule has 0 amide bonds. The summed E-state index contributed by atoms with van der Waals surface area (Å²) >= 11 is 0. The van der Waals surface area contributed by atoms with Gasteiger partial charge in [0.05, 0.1) is 24.9 Å². The predicted molar refractivity (Wildman–Crippen MR) is 205 cm³/mol. The molecule has 20 unspecified atom stereocenters. The highest BCUT2D eigenvalue weighted by Crippen LogP contribution is 2.79. The molecule has 0 aromatic carbocycles. The van der Waals surface area contributed by atoms with Crippen molar-refractivity contribution in [1.82, 2.24) is 0 Å². The molecule has 3 heterocycles. The van der Waals surface area contributed by atoms with Gasteiger partial charge in [-0.3, -0.25) is 0 Å². The summed E-state index contributed by atoms with van der Waals surface area (Å²) < 4.78 is 37.5. The second-order valence-corrected chi connectivity index (χ2v) is 20.1. The normalized spacial score (nSPS) is 52.4. The van der Waals surface area contributed by atoms with Crippen LogP contribution in [0.15, 0.2) is 24.3 Å². The maximum Gasteiger partial charge on any atom is 0.187 e. The topological polar surface area (TPSA) is 217 Å². The molecule has 3 saturated carbocycles. The Morgan fingerprint density at radius 2 is 1.40 bits per heavy atom. The van der Waals surface area contributed by atoms with Crippen LogP contribution in [0.3, 0.4) is 0 Å². The second kappa shape index (κ2) is 15.4. The third-order valence-electron chi connectivity index (χ3n) is 16.8. The van der Waals surface area contributed by atoms with E-state index < -0.39 is 104 Å². The monoisotopic (exact) mass is 810 g/mol. The Morgan fingerprint density at radius 3 is 2.02 bits per heavy atom. The van der Waals surface area contributed by atoms with Crippen molar-refractivity contribution in [3.05, 3.63) is 24.3 Å². The van der Waals surface area contributed by atoms with Gasteiger partial charge in [-0.1, -0.05) is 58.9 Å². The van der Waals surface area contributed by atoms with Crippen molar-refractivity contribution in [2.45, 2.75) is 178 Å². The van der Waals surface area contributed by atoms with Crippen molar-refractivity contribution in [3.63, 3.8) is 0 Å². The highest BCUT2D eigenvalue weighted by atomic mass is 16.7. The van der Waals surface area contributed by atoms with E-state index in [9.17, 15) is 40.9 Å². The number of methoxy groups -OCH3 is 1. The predicted octanol–water partition coefficient (Wildman–Crippen LogP) is 1.92. The average molecular weight is 811 g/mol. The van der Waals surface area contributed by atoms with Gasteiger partial charge < -0.3 is 69.3 Å². The molecule has 2 bridgehead atoms. The zero-order valence-corrected chi connectivity index (χ0v) is 34.9. The summed E-state index contributed by atoms with van der Waals surface area (Å²) in [4.78, 5) is 0. The van der Waals surface area contributed by atoms with Crippen LogP contribution in [0.2, 0.25) is 0 Å². The van der Waals surface area contributed by atoms with Crippen molar-refractivity contribution in [1.29, 1.82) is 0 Å². The fourth-order valence-electron chi connectivity index (χ4n) is 13.3. The maximum atomic E-state index is 10.9. The zero-order chi connectivity index (χ0) is 41.7. The Morgan fingerprint density at radius 1 is 0.789 bits per heavy atom. The summed E-state index contributed by atoms with van der Waals surface area (Å²) in [6, 6.07) is 0. The summed E-state index contributed by atoms with van der Waals surface area (Å²) in [6.45, 7) is 14.2. The van der Waals surface area contributed by atoms with E-state index in [1.54, 1.807) is 7.11 Å². The Bertz CT molecular complexity index is 1500. The van der Waals surface area contributed by atoms with Crippen LogP contribution in [0, 0.1) is 45.3 Å². The van der Waals surface area contributed by atoms with Crippen LogP contribution >= 0.6 is 0 Å². The van der Waals surface area contributed by atoms with Crippen molar-refractivity contribution in [2.75, 3.05) is 20.3 Å². The number of aliphatic hydroxyl groups is 8. The molecule has 14 nitrogen and oxygen atoms in total. The smallest absolute Gasteiger partial charge is 0.187 e. The number of aliphatic hydroxyl groups excluding tert-OH is 8. The summed E-state index contributed by atoms with van der Waals surface area (Å²) in [5.41, 5.74) is -2.41. The van der Waals surface area contributed by atoms with E-state index in [4.69, 9.17) is 28.4 Å². The molecule has 14 heteroatoms. The minimum absolute atomic E-state index is 0.0274. The first kappa shape index (κ1) is 44.0. The molecule has 0 aromatic rings. The molecular formula is C43H70O14. The van der Waals surface area contributed by atoms with Crippen LogP contribution in [-0.4, -0.2) is 146 Å². The fourth-order valence-corrected chi connectivity index (χ4v) is 13.3. The number of allylic oxidation sites excluding steroid dienone is 2. The Balaban J connectivity index is 1.08. The van der Waals surface area contributed by atoms with Crippen LogP contribution in [0.4, 0.5) is 0 Å². The molecule has 8 N–H and O–H groups in total. The first-order valence-corrected chi connectivity index (χ1v) is 21.2. The molecule has 1 spiro atoms. The van der Waals surface area contributed by atoms with Gasteiger partial charge in [-0.25, -0.2) is 0 Å². The lowest BCUT2D eigenvalue weighted by Gasteiger charge is -2.65. The molecule has 4 aliphatic carbocycles. The van der Waals surface area contributed by atoms with Crippen molar-refractivity contribution < 1.29 is 69.3 Å². The molecule has 20 atom stereocenters. The molecular weight excluding hydrogens is 740 g/mol. The second-order valence-electron chi connectivity index (χ2n) is 20.1. The number of hydrogen-bond acceptors (Lipinski definition) is 14. The van der Waals surface area contributed by atoms with Crippen LogP contribution in [-0.2, 0) is 28.4 Å². The minimum Gasteiger partial charge on any atom is -0.394 e. The molecule has 0 aromatic heterocycles. The van der Waals surface area contributed by atoms with Crippen molar-refractivity contribution in [3.8, 4) is 0 Å². The lowest BCUT2D eigenvalue weighted by atomic mass is 9.38. The van der Waals surface area contributed by atoms with E-state index in [-0.39, 0.29) is 28.1 Å². The average Bonchev–Trinajstić information content (AvgIpc) is 3.55. The molecule has 57 heavy (non-hydrogen) atoms. The van der Waals surface area contributed by atoms with E-state index >= 15 is 0 Å². The van der Waals surface area contributed by atoms with Crippen LogP contribution < -0.4 is 0 Å². The van der Waals surface area contributed by atoms with Gasteiger partial charge in [0.2, 0.25) is 0 Å². The van der Waals surface area contributed by atoms with Crippen LogP contribution in [0.25, 0.3) is 0 Å². The summed E-state index contributed by atoms with van der Waals surface area (Å²) in [7, 11) is 1.75. The molecule has 6 fully saturated rings. The number of fused-ring (bicyclic) bond motifs is 2. The summed E-state index contributed by atoms with van der Waals surface area (Å²) in [5.74, 6) is 1.19. The molecule has 3 saturated heterocycles. The molecule has 3 aliphatic heterocycles. The van der Waals surface area contributed by atoms with Gasteiger partial charge in [-0.2, -0.15) is 0 Å². The third-order valence-corrected chi connectivity index (χ3v) is 16.8. The van der Waals surface area contributed by atoms with Gasteiger partial charge in [0.15, 0.2) is 18.9 Å².